The summed E-state index contributed by atoms with van der Waals surface area (Å²) in [6.07, 6.45) is 0. The molecule has 0 spiro atoms. The fourth-order valence-corrected chi connectivity index (χ4v) is 2.05. The van der Waals surface area contributed by atoms with Crippen LogP contribution < -0.4 is 0 Å². The molecular weight excluding hydrogens is 264 g/mol. The molecule has 0 N–H and O–H groups in total. The Balaban J connectivity index is 2.54. The predicted molar refractivity (Wildman–Crippen MR) is 69.4 cm³/mol. The SMILES string of the molecule is Cc1nc(Br)cc(-c2ccc(C)c(C)c2)n1. The van der Waals surface area contributed by atoms with E-state index in [2.05, 4.69) is 57.9 Å². The fraction of sp³-hybridized carbons (Fsp3) is 0.231. The highest BCUT2D eigenvalue weighted by Gasteiger charge is 2.04. The maximum atomic E-state index is 4.43. The van der Waals surface area contributed by atoms with Crippen LogP contribution in [0.15, 0.2) is 28.9 Å². The molecule has 0 saturated heterocycles. The zero-order valence-electron chi connectivity index (χ0n) is 9.58. The number of hydrogen-bond donors (Lipinski definition) is 0. The van der Waals surface area contributed by atoms with E-state index in [4.69, 9.17) is 0 Å². The van der Waals surface area contributed by atoms with Gasteiger partial charge in [-0.15, -0.1) is 0 Å². The molecule has 2 nitrogen and oxygen atoms in total. The van der Waals surface area contributed by atoms with Crippen molar-refractivity contribution in [3.63, 3.8) is 0 Å². The highest BCUT2D eigenvalue weighted by molar-refractivity contribution is 9.10. The topological polar surface area (TPSA) is 25.8 Å². The van der Waals surface area contributed by atoms with Crippen LogP contribution in [0.1, 0.15) is 17.0 Å². The van der Waals surface area contributed by atoms with Gasteiger partial charge in [0.05, 0.1) is 5.69 Å². The van der Waals surface area contributed by atoms with Crippen molar-refractivity contribution in [3.05, 3.63) is 45.8 Å². The summed E-state index contributed by atoms with van der Waals surface area (Å²) in [7, 11) is 0. The number of rotatable bonds is 1. The second-order valence-electron chi connectivity index (χ2n) is 3.92. The Morgan fingerprint density at radius 3 is 2.31 bits per heavy atom. The molecule has 1 aromatic heterocycles. The van der Waals surface area contributed by atoms with Gasteiger partial charge < -0.3 is 0 Å². The van der Waals surface area contributed by atoms with Gasteiger partial charge in [0.15, 0.2) is 0 Å². The molecule has 0 fully saturated rings. The molecule has 1 heterocycles. The molecule has 2 aromatic rings. The van der Waals surface area contributed by atoms with Gasteiger partial charge in [-0.05, 0) is 60.0 Å². The molecule has 0 radical (unpaired) electrons. The Morgan fingerprint density at radius 2 is 1.69 bits per heavy atom. The Bertz CT molecular complexity index is 515. The van der Waals surface area contributed by atoms with Crippen molar-refractivity contribution >= 4 is 15.9 Å². The van der Waals surface area contributed by atoms with Crippen molar-refractivity contribution in [2.45, 2.75) is 20.8 Å². The number of nitrogens with zero attached hydrogens (tertiary/aromatic N) is 2. The summed E-state index contributed by atoms with van der Waals surface area (Å²) in [6.45, 7) is 6.12. The number of halogens is 1. The first-order valence-corrected chi connectivity index (χ1v) is 5.94. The van der Waals surface area contributed by atoms with E-state index in [0.29, 0.717) is 0 Å². The highest BCUT2D eigenvalue weighted by atomic mass is 79.9. The van der Waals surface area contributed by atoms with Gasteiger partial charge in [-0.3, -0.25) is 0 Å². The molecule has 0 unspecified atom stereocenters. The summed E-state index contributed by atoms with van der Waals surface area (Å²) < 4.78 is 0.827. The van der Waals surface area contributed by atoms with Crippen LogP contribution in [0.4, 0.5) is 0 Å². The van der Waals surface area contributed by atoms with Gasteiger partial charge in [0.2, 0.25) is 0 Å². The normalized spacial score (nSPS) is 10.5. The Morgan fingerprint density at radius 1 is 0.938 bits per heavy atom. The smallest absolute Gasteiger partial charge is 0.127 e. The monoisotopic (exact) mass is 276 g/mol. The van der Waals surface area contributed by atoms with Crippen LogP contribution >= 0.6 is 15.9 Å². The van der Waals surface area contributed by atoms with Crippen LogP contribution in [0.2, 0.25) is 0 Å². The van der Waals surface area contributed by atoms with Crippen LogP contribution in [0.5, 0.6) is 0 Å². The number of aryl methyl sites for hydroxylation is 3. The van der Waals surface area contributed by atoms with Gasteiger partial charge in [-0.2, -0.15) is 0 Å². The van der Waals surface area contributed by atoms with Crippen molar-refractivity contribution in [3.8, 4) is 11.3 Å². The number of hydrogen-bond acceptors (Lipinski definition) is 2. The molecule has 0 aliphatic rings. The number of benzene rings is 1. The molecular formula is C13H13BrN2. The molecule has 0 atom stereocenters. The van der Waals surface area contributed by atoms with Crippen LogP contribution in [0, 0.1) is 20.8 Å². The summed E-state index contributed by atoms with van der Waals surface area (Å²) >= 11 is 3.39. The van der Waals surface area contributed by atoms with Gasteiger partial charge in [0.1, 0.15) is 10.4 Å². The van der Waals surface area contributed by atoms with Gasteiger partial charge in [0, 0.05) is 5.56 Å². The molecule has 3 heteroatoms. The lowest BCUT2D eigenvalue weighted by Crippen LogP contribution is -1.92. The number of aromatic nitrogens is 2. The van der Waals surface area contributed by atoms with E-state index in [1.165, 1.54) is 11.1 Å². The van der Waals surface area contributed by atoms with Gasteiger partial charge in [-0.25, -0.2) is 9.97 Å². The molecule has 2 rings (SSSR count). The van der Waals surface area contributed by atoms with Crippen molar-refractivity contribution in [1.29, 1.82) is 0 Å². The molecule has 0 aliphatic heterocycles. The second-order valence-corrected chi connectivity index (χ2v) is 4.73. The zero-order chi connectivity index (χ0) is 11.7. The van der Waals surface area contributed by atoms with E-state index >= 15 is 0 Å². The third kappa shape index (κ3) is 2.30. The van der Waals surface area contributed by atoms with E-state index in [-0.39, 0.29) is 0 Å². The zero-order valence-corrected chi connectivity index (χ0v) is 11.2. The van der Waals surface area contributed by atoms with Gasteiger partial charge in [-0.1, -0.05) is 12.1 Å². The van der Waals surface area contributed by atoms with Crippen molar-refractivity contribution in [1.82, 2.24) is 9.97 Å². The van der Waals surface area contributed by atoms with Gasteiger partial charge >= 0.3 is 0 Å². The first-order valence-electron chi connectivity index (χ1n) is 5.15. The molecule has 82 valence electrons. The van der Waals surface area contributed by atoms with Crippen molar-refractivity contribution in [2.24, 2.45) is 0 Å². The molecule has 1 aromatic carbocycles. The Labute approximate surface area is 104 Å². The van der Waals surface area contributed by atoms with Crippen LogP contribution in [0.3, 0.4) is 0 Å². The van der Waals surface area contributed by atoms with Crippen LogP contribution in [0.25, 0.3) is 11.3 Å². The van der Waals surface area contributed by atoms with E-state index in [1.807, 2.05) is 13.0 Å². The Hall–Kier alpha value is -1.22. The summed E-state index contributed by atoms with van der Waals surface area (Å²) in [4.78, 5) is 8.64. The van der Waals surface area contributed by atoms with Gasteiger partial charge in [0.25, 0.3) is 0 Å². The molecule has 0 amide bonds. The molecule has 0 aliphatic carbocycles. The lowest BCUT2D eigenvalue weighted by molar-refractivity contribution is 1.04. The van der Waals surface area contributed by atoms with Crippen molar-refractivity contribution < 1.29 is 0 Å². The lowest BCUT2D eigenvalue weighted by Gasteiger charge is -2.06. The maximum absolute atomic E-state index is 4.43. The first kappa shape index (κ1) is 11.3. The van der Waals surface area contributed by atoms with Crippen LogP contribution in [-0.4, -0.2) is 9.97 Å². The minimum absolute atomic E-state index is 0.780. The first-order chi connectivity index (χ1) is 7.56. The highest BCUT2D eigenvalue weighted by Crippen LogP contribution is 2.22. The average molecular weight is 277 g/mol. The molecule has 0 bridgehead atoms. The second kappa shape index (κ2) is 4.34. The summed E-state index contributed by atoms with van der Waals surface area (Å²) in [5.41, 5.74) is 4.68. The standard InChI is InChI=1S/C13H13BrN2/c1-8-4-5-11(6-9(8)2)12-7-13(14)16-10(3)15-12/h4-7H,1-3H3. The van der Waals surface area contributed by atoms with E-state index in [1.54, 1.807) is 0 Å². The minimum atomic E-state index is 0.780. The van der Waals surface area contributed by atoms with Crippen molar-refractivity contribution in [2.75, 3.05) is 0 Å². The molecule has 16 heavy (non-hydrogen) atoms. The maximum Gasteiger partial charge on any atom is 0.127 e. The largest absolute Gasteiger partial charge is 0.233 e. The quantitative estimate of drug-likeness (QED) is 0.740. The fourth-order valence-electron chi connectivity index (χ4n) is 1.58. The average Bonchev–Trinajstić information content (AvgIpc) is 2.20. The third-order valence-electron chi connectivity index (χ3n) is 2.61. The summed E-state index contributed by atoms with van der Waals surface area (Å²) in [5, 5.41) is 0. The Kier molecular flexibility index (Phi) is 3.06. The summed E-state index contributed by atoms with van der Waals surface area (Å²) in [5.74, 6) is 0.780. The molecule has 0 saturated carbocycles. The third-order valence-corrected chi connectivity index (χ3v) is 3.02. The summed E-state index contributed by atoms with van der Waals surface area (Å²) in [6, 6.07) is 8.31. The van der Waals surface area contributed by atoms with E-state index in [0.717, 1.165) is 21.7 Å². The van der Waals surface area contributed by atoms with Crippen LogP contribution in [-0.2, 0) is 0 Å². The minimum Gasteiger partial charge on any atom is -0.233 e. The van der Waals surface area contributed by atoms with E-state index < -0.39 is 0 Å². The lowest BCUT2D eigenvalue weighted by atomic mass is 10.0. The predicted octanol–water partition coefficient (Wildman–Crippen LogP) is 3.83. The van der Waals surface area contributed by atoms with E-state index in [9.17, 15) is 0 Å².